The molecule has 0 aliphatic heterocycles. The summed E-state index contributed by atoms with van der Waals surface area (Å²) >= 11 is 12.2. The molecule has 1 saturated carbocycles. The van der Waals surface area contributed by atoms with Crippen molar-refractivity contribution in [3.63, 3.8) is 0 Å². The summed E-state index contributed by atoms with van der Waals surface area (Å²) in [6.45, 7) is 0. The number of hydrogen-bond acceptors (Lipinski definition) is 5. The molecule has 0 atom stereocenters. The molecular weight excluding hydrogens is 357 g/mol. The van der Waals surface area contributed by atoms with Crippen LogP contribution in [0.1, 0.15) is 12.8 Å². The topological polar surface area (TPSA) is 62.7 Å². The van der Waals surface area contributed by atoms with Crippen molar-refractivity contribution >= 4 is 40.7 Å². The van der Waals surface area contributed by atoms with Gasteiger partial charge in [-0.25, -0.2) is 4.98 Å². The predicted molar refractivity (Wildman–Crippen MR) is 102 cm³/mol. The number of rotatable bonds is 5. The summed E-state index contributed by atoms with van der Waals surface area (Å²) in [4.78, 5) is 13.2. The highest BCUT2D eigenvalue weighted by molar-refractivity contribution is 6.36. The van der Waals surface area contributed by atoms with Crippen LogP contribution in [0.3, 0.4) is 0 Å². The molecule has 0 radical (unpaired) electrons. The zero-order valence-corrected chi connectivity index (χ0v) is 14.7. The maximum atomic E-state index is 6.26. The molecule has 0 spiro atoms. The molecule has 0 unspecified atom stereocenters. The Kier molecular flexibility index (Phi) is 4.42. The first-order valence-electron chi connectivity index (χ1n) is 7.95. The molecule has 0 bridgehead atoms. The lowest BCUT2D eigenvalue weighted by Gasteiger charge is -2.12. The number of nitrogens with one attached hydrogen (secondary N) is 2. The second kappa shape index (κ2) is 6.86. The van der Waals surface area contributed by atoms with Crippen molar-refractivity contribution < 1.29 is 0 Å². The standard InChI is InChI=1S/C18H15Cl2N5/c19-12-1-4-15(14(20)9-12)23-17-10-16(11-5-7-21-8-6-11)24-18(25-17)22-13-2-3-13/h1,4-10,13H,2-3H2,(H2,22,23,24,25). The third-order valence-electron chi connectivity index (χ3n) is 3.81. The molecule has 0 saturated heterocycles. The Hall–Kier alpha value is -2.37. The van der Waals surface area contributed by atoms with Crippen molar-refractivity contribution in [2.24, 2.45) is 0 Å². The summed E-state index contributed by atoms with van der Waals surface area (Å²) in [7, 11) is 0. The van der Waals surface area contributed by atoms with E-state index in [9.17, 15) is 0 Å². The van der Waals surface area contributed by atoms with Gasteiger partial charge in [0.15, 0.2) is 0 Å². The van der Waals surface area contributed by atoms with Crippen LogP contribution in [0.15, 0.2) is 48.8 Å². The lowest BCUT2D eigenvalue weighted by molar-refractivity contribution is 1.06. The summed E-state index contributed by atoms with van der Waals surface area (Å²) in [6, 6.07) is 11.5. The van der Waals surface area contributed by atoms with Crippen molar-refractivity contribution in [2.45, 2.75) is 18.9 Å². The van der Waals surface area contributed by atoms with E-state index >= 15 is 0 Å². The predicted octanol–water partition coefficient (Wildman–Crippen LogP) is 5.16. The highest BCUT2D eigenvalue weighted by atomic mass is 35.5. The molecule has 126 valence electrons. The summed E-state index contributed by atoms with van der Waals surface area (Å²) < 4.78 is 0. The molecule has 2 heterocycles. The van der Waals surface area contributed by atoms with Crippen LogP contribution in [-0.2, 0) is 0 Å². The van der Waals surface area contributed by atoms with Crippen molar-refractivity contribution in [3.05, 3.63) is 58.8 Å². The van der Waals surface area contributed by atoms with E-state index in [1.54, 1.807) is 24.5 Å². The van der Waals surface area contributed by atoms with Crippen LogP contribution in [-0.4, -0.2) is 21.0 Å². The highest BCUT2D eigenvalue weighted by Gasteiger charge is 2.22. The van der Waals surface area contributed by atoms with Crippen molar-refractivity contribution in [1.29, 1.82) is 0 Å². The van der Waals surface area contributed by atoms with Gasteiger partial charge in [0.1, 0.15) is 5.82 Å². The van der Waals surface area contributed by atoms with E-state index in [0.717, 1.165) is 29.8 Å². The fourth-order valence-electron chi connectivity index (χ4n) is 2.39. The average molecular weight is 372 g/mol. The maximum absolute atomic E-state index is 6.26. The first-order chi connectivity index (χ1) is 12.2. The molecule has 25 heavy (non-hydrogen) atoms. The van der Waals surface area contributed by atoms with Crippen molar-refractivity contribution in [2.75, 3.05) is 10.6 Å². The lowest BCUT2D eigenvalue weighted by atomic mass is 10.2. The molecule has 5 nitrogen and oxygen atoms in total. The number of benzene rings is 1. The Bertz CT molecular complexity index is 897. The molecular formula is C18H15Cl2N5. The van der Waals surface area contributed by atoms with Crippen LogP contribution in [0.4, 0.5) is 17.5 Å². The van der Waals surface area contributed by atoms with E-state index < -0.39 is 0 Å². The molecule has 2 aromatic heterocycles. The Balaban J connectivity index is 1.70. The van der Waals surface area contributed by atoms with E-state index in [-0.39, 0.29) is 0 Å². The minimum Gasteiger partial charge on any atom is -0.351 e. The van der Waals surface area contributed by atoms with Gasteiger partial charge in [0, 0.05) is 35.1 Å². The Morgan fingerprint density at radius 1 is 0.960 bits per heavy atom. The number of nitrogens with zero attached hydrogens (tertiary/aromatic N) is 3. The monoisotopic (exact) mass is 371 g/mol. The molecule has 7 heteroatoms. The van der Waals surface area contributed by atoms with Crippen LogP contribution in [0.2, 0.25) is 10.0 Å². The second-order valence-electron chi connectivity index (χ2n) is 5.87. The number of pyridine rings is 1. The molecule has 2 N–H and O–H groups in total. The summed E-state index contributed by atoms with van der Waals surface area (Å²) in [5.41, 5.74) is 2.53. The first-order valence-corrected chi connectivity index (χ1v) is 8.71. The molecule has 3 aromatic rings. The van der Waals surface area contributed by atoms with Crippen molar-refractivity contribution in [3.8, 4) is 11.3 Å². The van der Waals surface area contributed by atoms with E-state index in [1.165, 1.54) is 0 Å². The minimum atomic E-state index is 0.458. The van der Waals surface area contributed by atoms with Gasteiger partial charge in [-0.2, -0.15) is 4.98 Å². The van der Waals surface area contributed by atoms with Crippen LogP contribution >= 0.6 is 23.2 Å². The number of aromatic nitrogens is 3. The average Bonchev–Trinajstić information content (AvgIpc) is 3.42. The Labute approximate surface area is 155 Å². The number of halogens is 2. The minimum absolute atomic E-state index is 0.458. The van der Waals surface area contributed by atoms with Gasteiger partial charge >= 0.3 is 0 Å². The van der Waals surface area contributed by atoms with E-state index in [2.05, 4.69) is 25.6 Å². The number of anilines is 3. The second-order valence-corrected chi connectivity index (χ2v) is 6.71. The third-order valence-corrected chi connectivity index (χ3v) is 4.35. The SMILES string of the molecule is Clc1ccc(Nc2cc(-c3ccncc3)nc(NC3CC3)n2)c(Cl)c1. The molecule has 4 rings (SSSR count). The van der Waals surface area contributed by atoms with Crippen LogP contribution in [0.5, 0.6) is 0 Å². The molecule has 1 aromatic carbocycles. The number of hydrogen-bond donors (Lipinski definition) is 2. The van der Waals surface area contributed by atoms with E-state index in [0.29, 0.717) is 27.9 Å². The van der Waals surface area contributed by atoms with Gasteiger partial charge < -0.3 is 10.6 Å². The highest BCUT2D eigenvalue weighted by Crippen LogP contribution is 2.30. The summed E-state index contributed by atoms with van der Waals surface area (Å²) in [5.74, 6) is 1.26. The van der Waals surface area contributed by atoms with Gasteiger partial charge in [-0.05, 0) is 43.2 Å². The van der Waals surface area contributed by atoms with Crippen molar-refractivity contribution in [1.82, 2.24) is 15.0 Å². The smallest absolute Gasteiger partial charge is 0.225 e. The van der Waals surface area contributed by atoms with Gasteiger partial charge in [-0.3, -0.25) is 4.98 Å². The summed E-state index contributed by atoms with van der Waals surface area (Å²) in [6.07, 6.45) is 5.78. The zero-order valence-electron chi connectivity index (χ0n) is 13.2. The van der Waals surface area contributed by atoms with Gasteiger partial charge in [-0.1, -0.05) is 23.2 Å². The molecule has 1 fully saturated rings. The fourth-order valence-corrected chi connectivity index (χ4v) is 2.84. The van der Waals surface area contributed by atoms with Gasteiger partial charge in [0.05, 0.1) is 16.4 Å². The van der Waals surface area contributed by atoms with Crippen LogP contribution in [0.25, 0.3) is 11.3 Å². The Morgan fingerprint density at radius 2 is 1.76 bits per heavy atom. The van der Waals surface area contributed by atoms with Gasteiger partial charge in [0.2, 0.25) is 5.95 Å². The lowest BCUT2D eigenvalue weighted by Crippen LogP contribution is -2.07. The van der Waals surface area contributed by atoms with Gasteiger partial charge in [0.25, 0.3) is 0 Å². The van der Waals surface area contributed by atoms with Gasteiger partial charge in [-0.15, -0.1) is 0 Å². The normalized spacial score (nSPS) is 13.5. The van der Waals surface area contributed by atoms with E-state index in [4.69, 9.17) is 23.2 Å². The first kappa shape index (κ1) is 16.1. The maximum Gasteiger partial charge on any atom is 0.225 e. The Morgan fingerprint density at radius 3 is 2.48 bits per heavy atom. The fraction of sp³-hybridized carbons (Fsp3) is 0.167. The molecule has 0 amide bonds. The largest absolute Gasteiger partial charge is 0.351 e. The molecule has 1 aliphatic rings. The van der Waals surface area contributed by atoms with E-state index in [1.807, 2.05) is 24.3 Å². The zero-order chi connectivity index (χ0) is 17.2. The van der Waals surface area contributed by atoms with Crippen LogP contribution < -0.4 is 10.6 Å². The molecule has 1 aliphatic carbocycles. The quantitative estimate of drug-likeness (QED) is 0.648. The van der Waals surface area contributed by atoms with Crippen LogP contribution in [0, 0.1) is 0 Å². The third kappa shape index (κ3) is 4.00. The summed E-state index contributed by atoms with van der Waals surface area (Å²) in [5, 5.41) is 7.72.